The molecule has 3 rings (SSSR count). The minimum atomic E-state index is -0.622. The quantitative estimate of drug-likeness (QED) is 0.262. The van der Waals surface area contributed by atoms with Gasteiger partial charge in [-0.25, -0.2) is 0 Å². The van der Waals surface area contributed by atoms with Crippen LogP contribution in [0, 0.1) is 11.8 Å². The van der Waals surface area contributed by atoms with Gasteiger partial charge in [0.15, 0.2) is 0 Å². The first-order valence-corrected chi connectivity index (χ1v) is 13.6. The molecule has 2 aromatic rings. The van der Waals surface area contributed by atoms with Crippen molar-refractivity contribution in [2.45, 2.75) is 50.6 Å². The lowest BCUT2D eigenvalue weighted by molar-refractivity contribution is -0.150. The molecule has 2 aromatic carbocycles. The second-order valence-electron chi connectivity index (χ2n) is 10.0. The number of likely N-dealkylation sites (tertiary alicyclic amines) is 1. The Balaban J connectivity index is 1.69. The van der Waals surface area contributed by atoms with E-state index in [0.717, 1.165) is 24.0 Å². The van der Waals surface area contributed by atoms with Gasteiger partial charge in [-0.1, -0.05) is 72.8 Å². The van der Waals surface area contributed by atoms with E-state index >= 15 is 0 Å². The van der Waals surface area contributed by atoms with Crippen molar-refractivity contribution in [3.8, 4) is 0 Å². The Morgan fingerprint density at radius 1 is 1.00 bits per heavy atom. The Hall–Kier alpha value is -3.71. The van der Waals surface area contributed by atoms with Crippen LogP contribution in [-0.4, -0.2) is 53.6 Å². The summed E-state index contributed by atoms with van der Waals surface area (Å²) < 4.78 is 5.75. The van der Waals surface area contributed by atoms with Crippen LogP contribution >= 0.6 is 0 Å². The van der Waals surface area contributed by atoms with Gasteiger partial charge in [-0.15, -0.1) is 13.2 Å². The average molecular weight is 533 g/mol. The number of amides is 2. The van der Waals surface area contributed by atoms with E-state index in [1.54, 1.807) is 17.1 Å². The summed E-state index contributed by atoms with van der Waals surface area (Å²) in [7, 11) is 0. The van der Waals surface area contributed by atoms with Crippen LogP contribution in [0.3, 0.4) is 0 Å². The molecule has 1 fully saturated rings. The van der Waals surface area contributed by atoms with Gasteiger partial charge >= 0.3 is 5.97 Å². The third-order valence-corrected chi connectivity index (χ3v) is 7.17. The maximum atomic E-state index is 13.4. The molecule has 0 bridgehead atoms. The first kappa shape index (κ1) is 29.8. The number of esters is 1. The molecule has 0 aliphatic carbocycles. The molecule has 208 valence electrons. The number of nitrogens with one attached hydrogen (secondary N) is 1. The molecule has 0 aromatic heterocycles. The molecule has 0 radical (unpaired) electrons. The summed E-state index contributed by atoms with van der Waals surface area (Å²) in [6.45, 7) is 8.02. The van der Waals surface area contributed by atoms with Crippen LogP contribution in [0.25, 0.3) is 0 Å². The van der Waals surface area contributed by atoms with Crippen molar-refractivity contribution in [1.82, 2.24) is 10.2 Å². The monoisotopic (exact) mass is 532 g/mol. The zero-order valence-corrected chi connectivity index (χ0v) is 22.5. The van der Waals surface area contributed by atoms with Gasteiger partial charge in [0.2, 0.25) is 11.8 Å². The number of aliphatic hydroxyl groups is 1. The Labute approximate surface area is 231 Å². The third-order valence-electron chi connectivity index (χ3n) is 7.17. The highest BCUT2D eigenvalue weighted by molar-refractivity contribution is 5.86. The standard InChI is InChI=1S/C32H40N2O5/c1-3-12-26(21-30(36)34-19-11-18-28(34)22-35)31(37)33-29(25-16-9-6-10-17-25)23-39-32(38)27(13-4-2)20-24-14-7-5-8-15-24/h3-10,14-17,26-29,35H,1-2,11-13,18-23H2,(H,33,37)/t26-,27+,28+,29+/m1/s1. The largest absolute Gasteiger partial charge is 0.463 e. The maximum Gasteiger partial charge on any atom is 0.309 e. The van der Waals surface area contributed by atoms with Crippen LogP contribution < -0.4 is 5.32 Å². The van der Waals surface area contributed by atoms with Crippen LogP contribution in [0.15, 0.2) is 86.0 Å². The van der Waals surface area contributed by atoms with Crippen LogP contribution in [0.2, 0.25) is 0 Å². The number of hydrogen-bond acceptors (Lipinski definition) is 5. The fourth-order valence-corrected chi connectivity index (χ4v) is 5.01. The molecule has 0 unspecified atom stereocenters. The molecule has 7 nitrogen and oxygen atoms in total. The fourth-order valence-electron chi connectivity index (χ4n) is 5.01. The Kier molecular flexibility index (Phi) is 12.0. The lowest BCUT2D eigenvalue weighted by Crippen LogP contribution is -2.42. The van der Waals surface area contributed by atoms with Crippen molar-refractivity contribution in [1.29, 1.82) is 0 Å². The zero-order valence-electron chi connectivity index (χ0n) is 22.5. The van der Waals surface area contributed by atoms with E-state index < -0.39 is 12.0 Å². The number of ether oxygens (including phenoxy) is 1. The van der Waals surface area contributed by atoms with Gasteiger partial charge in [-0.3, -0.25) is 14.4 Å². The van der Waals surface area contributed by atoms with Gasteiger partial charge in [0.1, 0.15) is 6.61 Å². The average Bonchev–Trinajstić information content (AvgIpc) is 3.45. The molecule has 7 heteroatoms. The van der Waals surface area contributed by atoms with Crippen molar-refractivity contribution in [3.05, 3.63) is 97.1 Å². The molecule has 0 saturated carbocycles. The third kappa shape index (κ3) is 8.93. The highest BCUT2D eigenvalue weighted by Crippen LogP contribution is 2.23. The summed E-state index contributed by atoms with van der Waals surface area (Å²) in [5.74, 6) is -1.81. The number of carbonyl (C=O) groups excluding carboxylic acids is 3. The Bertz CT molecular complexity index is 1090. The van der Waals surface area contributed by atoms with E-state index in [1.165, 1.54) is 0 Å². The summed E-state index contributed by atoms with van der Waals surface area (Å²) in [4.78, 5) is 41.1. The van der Waals surface area contributed by atoms with Crippen molar-refractivity contribution in [3.63, 3.8) is 0 Å². The number of carbonyl (C=O) groups is 3. The molecule has 2 amide bonds. The molecule has 0 spiro atoms. The lowest BCUT2D eigenvalue weighted by atomic mass is 9.96. The smallest absolute Gasteiger partial charge is 0.309 e. The van der Waals surface area contributed by atoms with Gasteiger partial charge in [0.05, 0.1) is 30.5 Å². The first-order chi connectivity index (χ1) is 19.0. The van der Waals surface area contributed by atoms with Crippen LogP contribution in [0.4, 0.5) is 0 Å². The van der Waals surface area contributed by atoms with E-state index in [4.69, 9.17) is 4.74 Å². The van der Waals surface area contributed by atoms with Crippen LogP contribution in [0.1, 0.15) is 49.3 Å². The minimum Gasteiger partial charge on any atom is -0.463 e. The molecule has 4 atom stereocenters. The predicted molar refractivity (Wildman–Crippen MR) is 151 cm³/mol. The SMILES string of the molecule is C=CC[C@H](CC(=O)N1CCC[C@H]1CO)C(=O)N[C@@H](COC(=O)[C@@H](CC=C)Cc1ccccc1)c1ccccc1. The Morgan fingerprint density at radius 3 is 2.28 bits per heavy atom. The van der Waals surface area contributed by atoms with E-state index in [2.05, 4.69) is 18.5 Å². The second-order valence-corrected chi connectivity index (χ2v) is 10.0. The number of aliphatic hydroxyl groups excluding tert-OH is 1. The molecular weight excluding hydrogens is 492 g/mol. The molecule has 1 aliphatic rings. The van der Waals surface area contributed by atoms with Gasteiger partial charge in [-0.05, 0) is 43.2 Å². The zero-order chi connectivity index (χ0) is 28.0. The number of rotatable bonds is 15. The van der Waals surface area contributed by atoms with Crippen molar-refractivity contribution in [2.75, 3.05) is 19.8 Å². The summed E-state index contributed by atoms with van der Waals surface area (Å²) in [5, 5.41) is 12.6. The first-order valence-electron chi connectivity index (χ1n) is 13.6. The molecule has 1 heterocycles. The fraction of sp³-hybridized carbons (Fsp3) is 0.406. The van der Waals surface area contributed by atoms with Crippen LogP contribution in [-0.2, 0) is 25.5 Å². The molecule has 39 heavy (non-hydrogen) atoms. The highest BCUT2D eigenvalue weighted by Gasteiger charge is 2.32. The van der Waals surface area contributed by atoms with Gasteiger partial charge < -0.3 is 20.1 Å². The lowest BCUT2D eigenvalue weighted by Gasteiger charge is -2.26. The van der Waals surface area contributed by atoms with Crippen molar-refractivity contribution in [2.24, 2.45) is 11.8 Å². The summed E-state index contributed by atoms with van der Waals surface area (Å²) in [6, 6.07) is 18.3. The minimum absolute atomic E-state index is 0.0220. The van der Waals surface area contributed by atoms with E-state index in [-0.39, 0.29) is 49.4 Å². The van der Waals surface area contributed by atoms with Crippen molar-refractivity contribution >= 4 is 17.8 Å². The topological polar surface area (TPSA) is 95.9 Å². The van der Waals surface area contributed by atoms with Crippen molar-refractivity contribution < 1.29 is 24.2 Å². The predicted octanol–water partition coefficient (Wildman–Crippen LogP) is 4.39. The van der Waals surface area contributed by atoms with Gasteiger partial charge in [0, 0.05) is 13.0 Å². The maximum absolute atomic E-state index is 13.4. The van der Waals surface area contributed by atoms with Gasteiger partial charge in [-0.2, -0.15) is 0 Å². The van der Waals surface area contributed by atoms with E-state index in [9.17, 15) is 19.5 Å². The van der Waals surface area contributed by atoms with E-state index in [1.807, 2.05) is 60.7 Å². The summed E-state index contributed by atoms with van der Waals surface area (Å²) in [6.07, 6.45) is 6.31. The normalized spacial score (nSPS) is 17.1. The molecular formula is C32H40N2O5. The molecule has 1 aliphatic heterocycles. The number of allylic oxidation sites excluding steroid dienone is 2. The number of nitrogens with zero attached hydrogens (tertiary/aromatic N) is 1. The molecule has 2 N–H and O–H groups in total. The second kappa shape index (κ2) is 15.6. The highest BCUT2D eigenvalue weighted by atomic mass is 16.5. The van der Waals surface area contributed by atoms with E-state index in [0.29, 0.717) is 25.8 Å². The number of benzene rings is 2. The Morgan fingerprint density at radius 2 is 1.64 bits per heavy atom. The number of hydrogen-bond donors (Lipinski definition) is 2. The van der Waals surface area contributed by atoms with Crippen LogP contribution in [0.5, 0.6) is 0 Å². The molecule has 1 saturated heterocycles. The summed E-state index contributed by atoms with van der Waals surface area (Å²) in [5.41, 5.74) is 1.83. The summed E-state index contributed by atoms with van der Waals surface area (Å²) >= 11 is 0. The van der Waals surface area contributed by atoms with Gasteiger partial charge in [0.25, 0.3) is 0 Å².